The highest BCUT2D eigenvalue weighted by atomic mass is 33.1. The van der Waals surface area contributed by atoms with Crippen molar-refractivity contribution in [3.63, 3.8) is 0 Å². The molecule has 1 aromatic heterocycles. The number of nitrogens with zero attached hydrogens (tertiary/aromatic N) is 4. The van der Waals surface area contributed by atoms with E-state index in [1.807, 2.05) is 33.5 Å². The summed E-state index contributed by atoms with van der Waals surface area (Å²) < 4.78 is 0.935. The van der Waals surface area contributed by atoms with Crippen LogP contribution in [0.1, 0.15) is 45.4 Å². The second-order valence-electron chi connectivity index (χ2n) is 6.58. The lowest BCUT2D eigenvalue weighted by molar-refractivity contribution is 0.181. The molecule has 0 spiro atoms. The molecule has 2 aliphatic rings. The normalized spacial score (nSPS) is 19.3. The van der Waals surface area contributed by atoms with Crippen LogP contribution in [0.15, 0.2) is 15.3 Å². The van der Waals surface area contributed by atoms with Gasteiger partial charge in [0.15, 0.2) is 4.34 Å². The molecule has 1 aliphatic heterocycles. The average Bonchev–Trinajstić information content (AvgIpc) is 3.37. The molecule has 0 saturated heterocycles. The van der Waals surface area contributed by atoms with Crippen molar-refractivity contribution in [1.82, 2.24) is 15.1 Å². The van der Waals surface area contributed by atoms with Crippen LogP contribution in [0.5, 0.6) is 0 Å². The van der Waals surface area contributed by atoms with E-state index in [9.17, 15) is 4.79 Å². The Morgan fingerprint density at radius 2 is 2.08 bits per heavy atom. The van der Waals surface area contributed by atoms with Crippen molar-refractivity contribution in [2.75, 3.05) is 24.7 Å². The number of carbonyl (C=O) groups is 1. The fraction of sp³-hybridized carbons (Fsp3) is 0.706. The largest absolute Gasteiger partial charge is 0.326 e. The number of anilines is 1. The van der Waals surface area contributed by atoms with Gasteiger partial charge >= 0.3 is 6.03 Å². The highest BCUT2D eigenvalue weighted by molar-refractivity contribution is 8.78. The van der Waals surface area contributed by atoms with Gasteiger partial charge in [-0.05, 0) is 19.3 Å². The van der Waals surface area contributed by atoms with Crippen LogP contribution in [0.4, 0.5) is 9.93 Å². The number of hydrogen-bond acceptors (Lipinski definition) is 7. The van der Waals surface area contributed by atoms with Crippen LogP contribution in [-0.4, -0.2) is 52.3 Å². The first-order chi connectivity index (χ1) is 12.6. The van der Waals surface area contributed by atoms with Crippen molar-refractivity contribution >= 4 is 55.8 Å². The summed E-state index contributed by atoms with van der Waals surface area (Å²) in [7, 11) is 7.48. The zero-order valence-electron chi connectivity index (χ0n) is 15.5. The zero-order valence-corrected chi connectivity index (χ0v) is 18.8. The van der Waals surface area contributed by atoms with Gasteiger partial charge in [0.1, 0.15) is 0 Å². The maximum absolute atomic E-state index is 12.8. The van der Waals surface area contributed by atoms with Gasteiger partial charge in [0.2, 0.25) is 5.13 Å². The van der Waals surface area contributed by atoms with Crippen molar-refractivity contribution in [1.29, 1.82) is 0 Å². The molecule has 2 amide bonds. The minimum atomic E-state index is 0.0158. The fourth-order valence-electron chi connectivity index (χ4n) is 3.23. The summed E-state index contributed by atoms with van der Waals surface area (Å²) in [5, 5.41) is 9.71. The number of urea groups is 1. The number of thioether (sulfide) groups is 1. The Bertz CT molecular complexity index is 644. The van der Waals surface area contributed by atoms with Crippen LogP contribution in [0.25, 0.3) is 0 Å². The molecule has 9 heteroatoms. The topological polar surface area (TPSA) is 49.3 Å². The number of carbonyl (C=O) groups excluding carboxylic acids is 1. The maximum Gasteiger partial charge on any atom is 0.326 e. The van der Waals surface area contributed by atoms with E-state index in [0.29, 0.717) is 16.4 Å². The lowest BCUT2D eigenvalue weighted by Gasteiger charge is -2.33. The van der Waals surface area contributed by atoms with E-state index in [2.05, 4.69) is 23.2 Å². The Kier molecular flexibility index (Phi) is 7.60. The van der Waals surface area contributed by atoms with Gasteiger partial charge in [-0.15, -0.1) is 10.2 Å². The van der Waals surface area contributed by atoms with Gasteiger partial charge in [0, 0.05) is 36.0 Å². The number of hydrogen-bond donors (Lipinski definition) is 0. The van der Waals surface area contributed by atoms with Crippen LogP contribution in [0.3, 0.4) is 0 Å². The zero-order chi connectivity index (χ0) is 18.5. The smallest absolute Gasteiger partial charge is 0.324 e. The van der Waals surface area contributed by atoms with E-state index in [4.69, 9.17) is 0 Å². The summed E-state index contributed by atoms with van der Waals surface area (Å²) in [4.78, 5) is 17.8. The Labute approximate surface area is 172 Å². The molecular formula is C17H26N4OS4. The van der Waals surface area contributed by atoms with Gasteiger partial charge in [-0.1, -0.05) is 76.9 Å². The predicted molar refractivity (Wildman–Crippen MR) is 116 cm³/mol. The lowest BCUT2D eigenvalue weighted by atomic mass is 9.95. The van der Waals surface area contributed by atoms with Crippen LogP contribution in [0.2, 0.25) is 0 Å². The van der Waals surface area contributed by atoms with Crippen LogP contribution < -0.4 is 4.90 Å². The molecule has 2 heterocycles. The van der Waals surface area contributed by atoms with E-state index in [1.165, 1.54) is 35.5 Å². The standard InChI is InChI=1S/C17H26N4OS4/c1-4-13(14-10-11-23-26-14)24-16-19-18-15(25-16)21(3)17(22)20(2)12-8-6-5-7-9-12/h10,12-13H,4-9,11H2,1-3H3. The first kappa shape index (κ1) is 20.4. The highest BCUT2D eigenvalue weighted by Crippen LogP contribution is 2.45. The third kappa shape index (κ3) is 4.91. The van der Waals surface area contributed by atoms with Gasteiger partial charge in [0.25, 0.3) is 0 Å². The summed E-state index contributed by atoms with van der Waals surface area (Å²) in [5.74, 6) is 1.09. The first-order valence-electron chi connectivity index (χ1n) is 9.10. The Balaban J connectivity index is 1.61. The SMILES string of the molecule is CCC(Sc1nnc(N(C)C(=O)N(C)C2CCCCC2)s1)C1=CCSS1. The highest BCUT2D eigenvalue weighted by Gasteiger charge is 2.27. The monoisotopic (exact) mass is 430 g/mol. The molecule has 3 rings (SSSR count). The third-order valence-corrected chi connectivity index (χ3v) is 9.87. The van der Waals surface area contributed by atoms with E-state index < -0.39 is 0 Å². The van der Waals surface area contributed by atoms with E-state index in [1.54, 1.807) is 23.7 Å². The quantitative estimate of drug-likeness (QED) is 0.337. The van der Waals surface area contributed by atoms with Crippen LogP contribution in [0, 0.1) is 0 Å². The Morgan fingerprint density at radius 3 is 2.73 bits per heavy atom. The van der Waals surface area contributed by atoms with Crippen molar-refractivity contribution in [3.8, 4) is 0 Å². The molecule has 26 heavy (non-hydrogen) atoms. The van der Waals surface area contributed by atoms with Gasteiger partial charge in [-0.3, -0.25) is 4.90 Å². The molecule has 0 N–H and O–H groups in total. The second-order valence-corrected chi connectivity index (χ2v) is 11.4. The fourth-order valence-corrected chi connectivity index (χ4v) is 8.06. The van der Waals surface area contributed by atoms with Crippen molar-refractivity contribution in [2.45, 2.75) is 61.1 Å². The van der Waals surface area contributed by atoms with Gasteiger partial charge in [-0.25, -0.2) is 4.79 Å². The summed E-state index contributed by atoms with van der Waals surface area (Å²) >= 11 is 3.28. The molecule has 1 aliphatic carbocycles. The molecule has 0 bridgehead atoms. The molecule has 144 valence electrons. The van der Waals surface area contributed by atoms with E-state index >= 15 is 0 Å². The summed E-state index contributed by atoms with van der Waals surface area (Å²) in [6.45, 7) is 2.21. The minimum absolute atomic E-state index is 0.0158. The summed E-state index contributed by atoms with van der Waals surface area (Å²) in [6.07, 6.45) is 9.32. The van der Waals surface area contributed by atoms with Gasteiger partial charge in [0.05, 0.1) is 0 Å². The molecule has 1 unspecified atom stereocenters. The average molecular weight is 431 g/mol. The molecule has 1 aromatic rings. The molecule has 5 nitrogen and oxygen atoms in total. The lowest BCUT2D eigenvalue weighted by Crippen LogP contribution is -2.45. The van der Waals surface area contributed by atoms with Gasteiger partial charge in [-0.2, -0.15) is 0 Å². The van der Waals surface area contributed by atoms with E-state index in [0.717, 1.165) is 29.4 Å². The molecular weight excluding hydrogens is 404 g/mol. The third-order valence-electron chi connectivity index (χ3n) is 4.83. The molecule has 1 saturated carbocycles. The van der Waals surface area contributed by atoms with Crippen molar-refractivity contribution in [2.24, 2.45) is 0 Å². The second kappa shape index (κ2) is 9.71. The first-order valence-corrected chi connectivity index (χ1v) is 13.1. The maximum atomic E-state index is 12.8. The number of aromatic nitrogens is 2. The Morgan fingerprint density at radius 1 is 1.31 bits per heavy atom. The molecule has 1 atom stereocenters. The van der Waals surface area contributed by atoms with Gasteiger partial charge < -0.3 is 4.90 Å². The summed E-state index contributed by atoms with van der Waals surface area (Å²) in [6, 6.07) is 0.371. The predicted octanol–water partition coefficient (Wildman–Crippen LogP) is 5.51. The molecule has 1 fully saturated rings. The summed E-state index contributed by atoms with van der Waals surface area (Å²) in [5.41, 5.74) is 0. The number of rotatable bonds is 6. The number of amides is 2. The van der Waals surface area contributed by atoms with E-state index in [-0.39, 0.29) is 6.03 Å². The molecule has 0 aromatic carbocycles. The molecule has 0 radical (unpaired) electrons. The Hall–Kier alpha value is -0.380. The van der Waals surface area contributed by atoms with Crippen molar-refractivity contribution in [3.05, 3.63) is 11.0 Å². The van der Waals surface area contributed by atoms with Crippen LogP contribution in [-0.2, 0) is 0 Å². The minimum Gasteiger partial charge on any atom is -0.324 e. The van der Waals surface area contributed by atoms with Crippen LogP contribution >= 0.6 is 44.7 Å². The van der Waals surface area contributed by atoms with Crippen molar-refractivity contribution < 1.29 is 4.79 Å².